The van der Waals surface area contributed by atoms with E-state index in [0.717, 1.165) is 0 Å². The molecule has 2 N–H and O–H groups in total. The molecule has 0 fully saturated rings. The number of ether oxygens (including phenoxy) is 1. The van der Waals surface area contributed by atoms with Crippen LogP contribution in [0.25, 0.3) is 5.70 Å². The van der Waals surface area contributed by atoms with Crippen molar-refractivity contribution in [3.63, 3.8) is 0 Å². The van der Waals surface area contributed by atoms with Crippen LogP contribution in [0.2, 0.25) is 0 Å². The van der Waals surface area contributed by atoms with Gasteiger partial charge in [-0.05, 0) is 24.3 Å². The number of nitrogens with two attached hydrogens (primary N) is 1. The molecule has 3 rings (SSSR count). The van der Waals surface area contributed by atoms with Gasteiger partial charge in [0.15, 0.2) is 12.5 Å². The Morgan fingerprint density at radius 2 is 1.67 bits per heavy atom. The molecule has 0 radical (unpaired) electrons. The van der Waals surface area contributed by atoms with Crippen LogP contribution in [0, 0.1) is 0 Å². The fraction of sp³-hybridized carbons (Fsp3) is 0.125. The summed E-state index contributed by atoms with van der Waals surface area (Å²) >= 11 is 0. The van der Waals surface area contributed by atoms with Crippen LogP contribution in [0.1, 0.15) is 5.56 Å². The second-order valence-electron chi connectivity index (χ2n) is 5.12. The molecule has 5 nitrogen and oxygen atoms in total. The molecule has 126 valence electrons. The van der Waals surface area contributed by atoms with Gasteiger partial charge in [-0.25, -0.2) is 22.3 Å². The van der Waals surface area contributed by atoms with Crippen LogP contribution in [-0.4, -0.2) is 21.6 Å². The number of hydrogen-bond acceptors (Lipinski definition) is 4. The van der Waals surface area contributed by atoms with E-state index in [-0.39, 0.29) is 17.3 Å². The van der Waals surface area contributed by atoms with E-state index < -0.39 is 22.2 Å². The fourth-order valence-corrected chi connectivity index (χ4v) is 2.99. The summed E-state index contributed by atoms with van der Waals surface area (Å²) in [5.74, 6) is -0.442. The van der Waals surface area contributed by atoms with E-state index in [0.29, 0.717) is 11.3 Å². The molecule has 0 aliphatic carbocycles. The average Bonchev–Trinajstić information content (AvgIpc) is 3.00. The number of para-hydroxylation sites is 1. The Hall–Kier alpha value is -2.45. The van der Waals surface area contributed by atoms with Crippen LogP contribution >= 0.6 is 0 Å². The highest BCUT2D eigenvalue weighted by molar-refractivity contribution is 7.89. The highest BCUT2D eigenvalue weighted by atomic mass is 32.2. The number of allylic oxidation sites excluding steroid dienone is 1. The van der Waals surface area contributed by atoms with Crippen LogP contribution in [0.4, 0.5) is 14.5 Å². The zero-order chi connectivity index (χ0) is 17.3. The molecule has 2 aromatic carbocycles. The first-order valence-corrected chi connectivity index (χ1v) is 8.53. The Balaban J connectivity index is 2.07. The molecule has 0 atom stereocenters. The molecule has 0 unspecified atom stereocenters. The third-order valence-electron chi connectivity index (χ3n) is 3.57. The summed E-state index contributed by atoms with van der Waals surface area (Å²) in [6, 6.07) is 14.4. The van der Waals surface area contributed by atoms with Gasteiger partial charge in [-0.15, -0.1) is 0 Å². The summed E-state index contributed by atoms with van der Waals surface area (Å²) in [7, 11) is -3.85. The van der Waals surface area contributed by atoms with E-state index in [9.17, 15) is 17.2 Å². The summed E-state index contributed by atoms with van der Waals surface area (Å²) in [5, 5.41) is 5.06. The maximum absolute atomic E-state index is 13.3. The third kappa shape index (κ3) is 3.10. The summed E-state index contributed by atoms with van der Waals surface area (Å²) in [6.45, 7) is -0.0457. The van der Waals surface area contributed by atoms with Gasteiger partial charge >= 0.3 is 0 Å². The Labute approximate surface area is 138 Å². The Morgan fingerprint density at radius 1 is 1.04 bits per heavy atom. The molecule has 2 aromatic rings. The number of halogens is 2. The van der Waals surface area contributed by atoms with Crippen molar-refractivity contribution in [2.24, 2.45) is 5.14 Å². The lowest BCUT2D eigenvalue weighted by Crippen LogP contribution is -2.18. The van der Waals surface area contributed by atoms with Gasteiger partial charge in [0.2, 0.25) is 10.0 Å². The molecule has 0 saturated heterocycles. The number of sulfonamides is 1. The van der Waals surface area contributed by atoms with Gasteiger partial charge in [-0.2, -0.15) is 0 Å². The number of benzene rings is 2. The van der Waals surface area contributed by atoms with Gasteiger partial charge in [-0.3, -0.25) is 0 Å². The maximum atomic E-state index is 13.3. The second kappa shape index (κ2) is 6.21. The highest BCUT2D eigenvalue weighted by Crippen LogP contribution is 2.36. The monoisotopic (exact) mass is 352 g/mol. The molecule has 0 saturated carbocycles. The van der Waals surface area contributed by atoms with E-state index in [4.69, 9.17) is 9.88 Å². The van der Waals surface area contributed by atoms with E-state index in [1.165, 1.54) is 24.3 Å². The number of primary sulfonamides is 1. The van der Waals surface area contributed by atoms with Crippen LogP contribution in [-0.2, 0) is 14.8 Å². The van der Waals surface area contributed by atoms with Gasteiger partial charge < -0.3 is 9.64 Å². The van der Waals surface area contributed by atoms with E-state index >= 15 is 0 Å². The number of nitrogens with zero attached hydrogens (tertiary/aromatic N) is 1. The minimum atomic E-state index is -3.85. The number of anilines is 1. The Kier molecular flexibility index (Phi) is 4.25. The SMILES string of the molecule is NS(=O)(=O)c1ccc(C2=C(C(F)F)OCN2c2ccccc2)cc1. The molecule has 1 heterocycles. The van der Waals surface area contributed by atoms with E-state index in [1.807, 2.05) is 6.07 Å². The number of rotatable bonds is 4. The van der Waals surface area contributed by atoms with Crippen LogP contribution in [0.15, 0.2) is 65.3 Å². The fourth-order valence-electron chi connectivity index (χ4n) is 2.48. The third-order valence-corrected chi connectivity index (χ3v) is 4.50. The lowest BCUT2D eigenvalue weighted by atomic mass is 10.1. The standard InChI is InChI=1S/C16H14F2N2O3S/c17-16(18)15-14(11-6-8-13(9-7-11)24(19,21)22)20(10-23-15)12-4-2-1-3-5-12/h1-9,16H,10H2,(H2,19,21,22). The summed E-state index contributed by atoms with van der Waals surface area (Å²) < 4.78 is 54.4. The van der Waals surface area contributed by atoms with Crippen molar-refractivity contribution in [2.75, 3.05) is 11.6 Å². The lowest BCUT2D eigenvalue weighted by Gasteiger charge is -2.20. The largest absolute Gasteiger partial charge is 0.469 e. The Morgan fingerprint density at radius 3 is 2.21 bits per heavy atom. The van der Waals surface area contributed by atoms with E-state index in [2.05, 4.69) is 0 Å². The van der Waals surface area contributed by atoms with Crippen LogP contribution < -0.4 is 10.0 Å². The zero-order valence-corrected chi connectivity index (χ0v) is 13.2. The maximum Gasteiger partial charge on any atom is 0.297 e. The predicted molar refractivity (Wildman–Crippen MR) is 85.6 cm³/mol. The lowest BCUT2D eigenvalue weighted by molar-refractivity contribution is 0.0984. The molecule has 1 aliphatic rings. The smallest absolute Gasteiger partial charge is 0.297 e. The molecule has 0 bridgehead atoms. The van der Waals surface area contributed by atoms with Crippen molar-refractivity contribution in [1.82, 2.24) is 0 Å². The van der Waals surface area contributed by atoms with Crippen molar-refractivity contribution in [3.8, 4) is 0 Å². The number of hydrogen-bond donors (Lipinski definition) is 1. The highest BCUT2D eigenvalue weighted by Gasteiger charge is 2.32. The quantitative estimate of drug-likeness (QED) is 0.918. The van der Waals surface area contributed by atoms with Gasteiger partial charge in [-0.1, -0.05) is 30.3 Å². The van der Waals surface area contributed by atoms with Crippen molar-refractivity contribution in [2.45, 2.75) is 11.3 Å². The molecule has 24 heavy (non-hydrogen) atoms. The van der Waals surface area contributed by atoms with Crippen LogP contribution in [0.3, 0.4) is 0 Å². The normalized spacial score (nSPS) is 15.1. The van der Waals surface area contributed by atoms with Gasteiger partial charge in [0.1, 0.15) is 0 Å². The summed E-state index contributed by atoms with van der Waals surface area (Å²) in [5.41, 5.74) is 1.31. The van der Waals surface area contributed by atoms with Crippen molar-refractivity contribution in [3.05, 3.63) is 65.9 Å². The molecule has 8 heteroatoms. The van der Waals surface area contributed by atoms with Gasteiger partial charge in [0, 0.05) is 11.3 Å². The first-order valence-electron chi connectivity index (χ1n) is 6.99. The average molecular weight is 352 g/mol. The summed E-state index contributed by atoms with van der Waals surface area (Å²) in [6.07, 6.45) is -2.79. The van der Waals surface area contributed by atoms with Gasteiger partial charge in [0.05, 0.1) is 10.6 Å². The minimum Gasteiger partial charge on any atom is -0.469 e. The Bertz CT molecular complexity index is 866. The predicted octanol–water partition coefficient (Wildman–Crippen LogP) is 2.76. The molecular formula is C16H14F2N2O3S. The summed E-state index contributed by atoms with van der Waals surface area (Å²) in [4.78, 5) is 1.52. The zero-order valence-electron chi connectivity index (χ0n) is 12.4. The van der Waals surface area contributed by atoms with Crippen LogP contribution in [0.5, 0.6) is 0 Å². The molecule has 1 aliphatic heterocycles. The minimum absolute atomic E-state index is 0.0457. The van der Waals surface area contributed by atoms with Crippen molar-refractivity contribution >= 4 is 21.4 Å². The first-order chi connectivity index (χ1) is 11.4. The molecule has 0 spiro atoms. The first kappa shape index (κ1) is 16.4. The van der Waals surface area contributed by atoms with Crippen molar-refractivity contribution < 1.29 is 21.9 Å². The molecular weight excluding hydrogens is 338 g/mol. The number of alkyl halides is 2. The van der Waals surface area contributed by atoms with Gasteiger partial charge in [0.25, 0.3) is 6.43 Å². The molecule has 0 aromatic heterocycles. The second-order valence-corrected chi connectivity index (χ2v) is 6.68. The molecule has 0 amide bonds. The van der Waals surface area contributed by atoms with Crippen molar-refractivity contribution in [1.29, 1.82) is 0 Å². The van der Waals surface area contributed by atoms with E-state index in [1.54, 1.807) is 29.2 Å². The topological polar surface area (TPSA) is 72.6 Å².